The Morgan fingerprint density at radius 3 is 2.85 bits per heavy atom. The Morgan fingerprint density at radius 2 is 2.31 bits per heavy atom. The van der Waals surface area contributed by atoms with Gasteiger partial charge in [-0.3, -0.25) is 11.3 Å². The van der Waals surface area contributed by atoms with Crippen LogP contribution in [0, 0.1) is 6.07 Å². The summed E-state index contributed by atoms with van der Waals surface area (Å²) in [6, 6.07) is 5.09. The van der Waals surface area contributed by atoms with Crippen molar-refractivity contribution in [2.45, 2.75) is 19.3 Å². The number of rotatable bonds is 1. The van der Waals surface area contributed by atoms with Gasteiger partial charge in [0.2, 0.25) is 0 Å². The second-order valence-electron chi connectivity index (χ2n) is 3.08. The van der Waals surface area contributed by atoms with E-state index >= 15 is 0 Å². The molecule has 1 saturated carbocycles. The second kappa shape index (κ2) is 4.86. The summed E-state index contributed by atoms with van der Waals surface area (Å²) in [6.45, 7) is 4.04. The summed E-state index contributed by atoms with van der Waals surface area (Å²) in [4.78, 5) is 1.30. The SMILES string of the molecule is C=C1CCC/C1=C\c1c[c-]cs1.[Li+]. The molecule has 2 rings (SSSR count). The maximum Gasteiger partial charge on any atom is 1.00 e. The molecule has 13 heavy (non-hydrogen) atoms. The van der Waals surface area contributed by atoms with E-state index in [1.807, 2.05) is 11.4 Å². The van der Waals surface area contributed by atoms with Crippen molar-refractivity contribution in [1.29, 1.82) is 0 Å². The first kappa shape index (κ1) is 10.9. The van der Waals surface area contributed by atoms with E-state index in [2.05, 4.69) is 18.7 Å². The van der Waals surface area contributed by atoms with Crippen molar-refractivity contribution >= 4 is 17.4 Å². The molecule has 0 unspecified atom stereocenters. The molecule has 1 aromatic heterocycles. The summed E-state index contributed by atoms with van der Waals surface area (Å²) in [5, 5.41) is 1.99. The third kappa shape index (κ3) is 2.61. The molecule has 1 heterocycles. The quantitative estimate of drug-likeness (QED) is 0.442. The van der Waals surface area contributed by atoms with Gasteiger partial charge in [-0.1, -0.05) is 17.7 Å². The Hall–Kier alpha value is -0.223. The van der Waals surface area contributed by atoms with Crippen molar-refractivity contribution in [3.63, 3.8) is 0 Å². The van der Waals surface area contributed by atoms with Crippen LogP contribution in [0.1, 0.15) is 24.1 Å². The van der Waals surface area contributed by atoms with Crippen LogP contribution in [-0.4, -0.2) is 0 Å². The van der Waals surface area contributed by atoms with Gasteiger partial charge in [0.1, 0.15) is 0 Å². The minimum Gasteiger partial charge on any atom is -0.266 e. The molecule has 0 spiro atoms. The molecule has 0 nitrogen and oxygen atoms in total. The minimum absolute atomic E-state index is 0. The van der Waals surface area contributed by atoms with Crippen molar-refractivity contribution in [1.82, 2.24) is 0 Å². The Bertz CT molecular complexity index is 309. The first-order valence-electron chi connectivity index (χ1n) is 4.19. The van der Waals surface area contributed by atoms with Crippen molar-refractivity contribution in [2.24, 2.45) is 0 Å². The van der Waals surface area contributed by atoms with Gasteiger partial charge in [-0.15, -0.1) is 16.3 Å². The fourth-order valence-electron chi connectivity index (χ4n) is 1.50. The van der Waals surface area contributed by atoms with Crippen molar-refractivity contribution in [2.75, 3.05) is 0 Å². The zero-order valence-corrected chi connectivity index (χ0v) is 8.79. The number of hydrogen-bond acceptors (Lipinski definition) is 1. The van der Waals surface area contributed by atoms with Crippen molar-refractivity contribution in [3.8, 4) is 0 Å². The summed E-state index contributed by atoms with van der Waals surface area (Å²) >= 11 is 1.74. The van der Waals surface area contributed by atoms with E-state index in [0.717, 1.165) is 0 Å². The predicted octanol–water partition coefficient (Wildman–Crippen LogP) is 0.676. The number of thiophene rings is 1. The molecule has 1 aliphatic carbocycles. The topological polar surface area (TPSA) is 0 Å². The molecular formula is C11H11LiS. The molecule has 1 fully saturated rings. The van der Waals surface area contributed by atoms with Gasteiger partial charge in [-0.2, -0.15) is 0 Å². The van der Waals surface area contributed by atoms with E-state index in [4.69, 9.17) is 0 Å². The number of allylic oxidation sites excluding steroid dienone is 2. The maximum absolute atomic E-state index is 4.04. The van der Waals surface area contributed by atoms with E-state index in [1.165, 1.54) is 35.3 Å². The Kier molecular flexibility index (Phi) is 4.06. The summed E-state index contributed by atoms with van der Waals surface area (Å²) < 4.78 is 0. The summed E-state index contributed by atoms with van der Waals surface area (Å²) in [6.07, 6.45) is 5.91. The van der Waals surface area contributed by atoms with Crippen molar-refractivity contribution in [3.05, 3.63) is 40.1 Å². The van der Waals surface area contributed by atoms with Crippen LogP contribution in [0.4, 0.5) is 0 Å². The van der Waals surface area contributed by atoms with Gasteiger partial charge in [0, 0.05) is 0 Å². The third-order valence-electron chi connectivity index (χ3n) is 2.18. The van der Waals surface area contributed by atoms with Gasteiger partial charge in [-0.25, -0.2) is 12.1 Å². The van der Waals surface area contributed by atoms with E-state index in [1.54, 1.807) is 11.3 Å². The molecule has 0 amide bonds. The Balaban J connectivity index is 0.000000845. The molecular weight excluding hydrogens is 171 g/mol. The van der Waals surface area contributed by atoms with Gasteiger partial charge >= 0.3 is 18.9 Å². The van der Waals surface area contributed by atoms with Gasteiger partial charge in [0.25, 0.3) is 0 Å². The van der Waals surface area contributed by atoms with E-state index in [-0.39, 0.29) is 18.9 Å². The first-order chi connectivity index (χ1) is 5.86. The molecule has 1 aliphatic rings. The molecule has 1 aromatic rings. The Labute approximate surface area is 95.5 Å². The van der Waals surface area contributed by atoms with Gasteiger partial charge in [0.15, 0.2) is 0 Å². The predicted molar refractivity (Wildman–Crippen MR) is 54.1 cm³/mol. The van der Waals surface area contributed by atoms with Gasteiger partial charge < -0.3 is 0 Å². The standard InChI is InChI=1S/C11H11S.Li/c1-9-4-2-5-10(9)8-11-6-3-7-12-11;/h6-8H,1-2,4-5H2;/q-1;+1/b10-8+;. The molecule has 0 radical (unpaired) electrons. The molecule has 0 aromatic carbocycles. The van der Waals surface area contributed by atoms with Crippen LogP contribution in [0.3, 0.4) is 0 Å². The molecule has 62 valence electrons. The summed E-state index contributed by atoms with van der Waals surface area (Å²) in [5.74, 6) is 0. The van der Waals surface area contributed by atoms with Crippen LogP contribution in [0.25, 0.3) is 6.08 Å². The Morgan fingerprint density at radius 1 is 1.46 bits per heavy atom. The average Bonchev–Trinajstić information content (AvgIpc) is 2.65. The molecule has 0 saturated heterocycles. The first-order valence-corrected chi connectivity index (χ1v) is 5.07. The van der Waals surface area contributed by atoms with Gasteiger partial charge in [-0.05, 0) is 19.3 Å². The third-order valence-corrected chi connectivity index (χ3v) is 2.95. The zero-order chi connectivity index (χ0) is 8.39. The fraction of sp³-hybridized carbons (Fsp3) is 0.273. The van der Waals surface area contributed by atoms with Gasteiger partial charge in [0.05, 0.1) is 0 Å². The number of hydrogen-bond donors (Lipinski definition) is 0. The molecule has 2 heteroatoms. The van der Waals surface area contributed by atoms with Crippen LogP contribution in [-0.2, 0) is 0 Å². The van der Waals surface area contributed by atoms with Crippen molar-refractivity contribution < 1.29 is 18.9 Å². The molecule has 0 aliphatic heterocycles. The summed E-state index contributed by atoms with van der Waals surface area (Å²) in [5.41, 5.74) is 2.76. The van der Waals surface area contributed by atoms with E-state index in [9.17, 15) is 0 Å². The van der Waals surface area contributed by atoms with Crippen LogP contribution in [0.5, 0.6) is 0 Å². The fourth-order valence-corrected chi connectivity index (χ4v) is 2.12. The smallest absolute Gasteiger partial charge is 0.266 e. The monoisotopic (exact) mass is 182 g/mol. The maximum atomic E-state index is 4.04. The average molecular weight is 182 g/mol. The van der Waals surface area contributed by atoms with Crippen LogP contribution >= 0.6 is 11.3 Å². The normalized spacial score (nSPS) is 19.1. The molecule has 0 bridgehead atoms. The molecule has 0 N–H and O–H groups in total. The molecule has 0 atom stereocenters. The van der Waals surface area contributed by atoms with Crippen LogP contribution < -0.4 is 18.9 Å². The minimum atomic E-state index is 0. The van der Waals surface area contributed by atoms with Crippen LogP contribution in [0.15, 0.2) is 29.2 Å². The summed E-state index contributed by atoms with van der Waals surface area (Å²) in [7, 11) is 0. The van der Waals surface area contributed by atoms with E-state index in [0.29, 0.717) is 0 Å². The van der Waals surface area contributed by atoms with Crippen LogP contribution in [0.2, 0.25) is 0 Å². The second-order valence-corrected chi connectivity index (χ2v) is 4.02. The zero-order valence-electron chi connectivity index (χ0n) is 7.97. The van der Waals surface area contributed by atoms with E-state index < -0.39 is 0 Å². The largest absolute Gasteiger partial charge is 1.00 e.